The molecule has 0 saturated carbocycles. The molecular weight excluding hydrogens is 112 g/mol. The first-order valence-corrected chi connectivity index (χ1v) is 1.92. The van der Waals surface area contributed by atoms with Crippen LogP contribution in [-0.4, -0.2) is 19.9 Å². The summed E-state index contributed by atoms with van der Waals surface area (Å²) in [6.45, 7) is 1.92. The van der Waals surface area contributed by atoms with Gasteiger partial charge in [-0.1, -0.05) is 0 Å². The molecule has 0 bridgehead atoms. The number of halogens is 1. The van der Waals surface area contributed by atoms with Crippen LogP contribution >= 0.6 is 12.4 Å². The van der Waals surface area contributed by atoms with Gasteiger partial charge in [-0.25, -0.2) is 0 Å². The molecule has 0 spiro atoms. The second-order valence-corrected chi connectivity index (χ2v) is 1.06. The van der Waals surface area contributed by atoms with Crippen LogP contribution in [0.2, 0.25) is 0 Å². The molecule has 0 aliphatic heterocycles. The Morgan fingerprint density at radius 3 is 2.00 bits per heavy atom. The van der Waals surface area contributed by atoms with Crippen molar-refractivity contribution in [3.05, 3.63) is 0 Å². The number of hydrogen-bond donors (Lipinski definition) is 1. The van der Waals surface area contributed by atoms with Crippen LogP contribution in [0.3, 0.4) is 0 Å². The number of nitrogens with zero attached hydrogens (tertiary/aromatic N) is 1. The van der Waals surface area contributed by atoms with Crippen LogP contribution in [0.4, 0.5) is 0 Å². The molecule has 0 atom stereocenters. The zero-order chi connectivity index (χ0) is 4.99. The smallest absolute Gasteiger partial charge is 0.0925 e. The lowest BCUT2D eigenvalue weighted by Gasteiger charge is -1.90. The summed E-state index contributed by atoms with van der Waals surface area (Å²) in [5.41, 5.74) is 0. The van der Waals surface area contributed by atoms with Gasteiger partial charge in [-0.15, -0.1) is 12.4 Å². The molecule has 0 rings (SSSR count). The molecule has 3 heteroatoms. The number of rotatable bonds is 0. The van der Waals surface area contributed by atoms with Crippen molar-refractivity contribution in [2.75, 3.05) is 14.1 Å². The highest BCUT2D eigenvalue weighted by molar-refractivity contribution is 5.85. The molecule has 0 radical (unpaired) electrons. The van der Waals surface area contributed by atoms with Gasteiger partial charge in [0.15, 0.2) is 0 Å². The van der Waals surface area contributed by atoms with E-state index in [1.807, 2.05) is 14.0 Å². The molecule has 0 amide bonds. The Morgan fingerprint density at radius 1 is 1.57 bits per heavy atom. The van der Waals surface area contributed by atoms with E-state index in [1.165, 1.54) is 0 Å². The monoisotopic (exact) mass is 122 g/mol. The number of amidine groups is 1. The SMILES string of the molecule is CN=C(C)NC.Cl. The van der Waals surface area contributed by atoms with Gasteiger partial charge in [0.05, 0.1) is 5.84 Å². The van der Waals surface area contributed by atoms with Crippen LogP contribution in [-0.2, 0) is 0 Å². The van der Waals surface area contributed by atoms with E-state index in [1.54, 1.807) is 7.05 Å². The summed E-state index contributed by atoms with van der Waals surface area (Å²) >= 11 is 0. The zero-order valence-electron chi connectivity index (χ0n) is 4.86. The third-order valence-corrected chi connectivity index (χ3v) is 0.697. The first-order valence-electron chi connectivity index (χ1n) is 1.92. The molecule has 0 aliphatic carbocycles. The van der Waals surface area contributed by atoms with Gasteiger partial charge in [0.25, 0.3) is 0 Å². The van der Waals surface area contributed by atoms with E-state index in [2.05, 4.69) is 10.3 Å². The van der Waals surface area contributed by atoms with Gasteiger partial charge in [0.1, 0.15) is 0 Å². The van der Waals surface area contributed by atoms with Crippen LogP contribution in [0.15, 0.2) is 4.99 Å². The largest absolute Gasteiger partial charge is 0.377 e. The van der Waals surface area contributed by atoms with Crippen LogP contribution in [0.25, 0.3) is 0 Å². The van der Waals surface area contributed by atoms with Gasteiger partial charge >= 0.3 is 0 Å². The lowest BCUT2D eigenvalue weighted by molar-refractivity contribution is 1.14. The fourth-order valence-corrected chi connectivity index (χ4v) is 0.112. The Balaban J connectivity index is 0. The third kappa shape index (κ3) is 5.76. The average molecular weight is 123 g/mol. The van der Waals surface area contributed by atoms with Gasteiger partial charge < -0.3 is 5.32 Å². The molecule has 0 heterocycles. The molecule has 2 nitrogen and oxygen atoms in total. The predicted molar refractivity (Wildman–Crippen MR) is 35.3 cm³/mol. The van der Waals surface area contributed by atoms with Crippen molar-refractivity contribution in [3.63, 3.8) is 0 Å². The van der Waals surface area contributed by atoms with Crippen LogP contribution < -0.4 is 5.32 Å². The number of hydrogen-bond acceptors (Lipinski definition) is 1. The van der Waals surface area contributed by atoms with E-state index in [-0.39, 0.29) is 12.4 Å². The van der Waals surface area contributed by atoms with Crippen molar-refractivity contribution in [2.24, 2.45) is 4.99 Å². The molecule has 0 aromatic heterocycles. The standard InChI is InChI=1S/C4H10N2.ClH/c1-4(5-2)6-3;/h1-3H3,(H,5,6);1H. The van der Waals surface area contributed by atoms with E-state index in [0.717, 1.165) is 5.84 Å². The Kier molecular flexibility index (Phi) is 8.15. The molecule has 1 N–H and O–H groups in total. The maximum absolute atomic E-state index is 3.81. The fraction of sp³-hybridized carbons (Fsp3) is 0.750. The van der Waals surface area contributed by atoms with E-state index in [4.69, 9.17) is 0 Å². The summed E-state index contributed by atoms with van der Waals surface area (Å²) in [6, 6.07) is 0. The van der Waals surface area contributed by atoms with Gasteiger partial charge in [-0.05, 0) is 6.92 Å². The lowest BCUT2D eigenvalue weighted by Crippen LogP contribution is -2.12. The summed E-state index contributed by atoms with van der Waals surface area (Å²) in [5.74, 6) is 0.968. The minimum absolute atomic E-state index is 0. The predicted octanol–water partition coefficient (Wildman–Crippen LogP) is 0.676. The Hall–Kier alpha value is -0.240. The lowest BCUT2D eigenvalue weighted by atomic mass is 10.7. The quantitative estimate of drug-likeness (QED) is 0.371. The first-order chi connectivity index (χ1) is 2.81. The Labute approximate surface area is 50.4 Å². The second-order valence-electron chi connectivity index (χ2n) is 1.06. The van der Waals surface area contributed by atoms with Crippen molar-refractivity contribution >= 4 is 18.2 Å². The number of nitrogens with one attached hydrogen (secondary N) is 1. The molecular formula is C4H11ClN2. The molecule has 0 saturated heterocycles. The molecule has 0 fully saturated rings. The minimum Gasteiger partial charge on any atom is -0.377 e. The van der Waals surface area contributed by atoms with E-state index < -0.39 is 0 Å². The van der Waals surface area contributed by atoms with E-state index in [0.29, 0.717) is 0 Å². The highest BCUT2D eigenvalue weighted by Gasteiger charge is 1.71. The van der Waals surface area contributed by atoms with Crippen LogP contribution in [0, 0.1) is 0 Å². The maximum Gasteiger partial charge on any atom is 0.0925 e. The molecule has 0 unspecified atom stereocenters. The summed E-state index contributed by atoms with van der Waals surface area (Å²) in [4.78, 5) is 3.81. The van der Waals surface area contributed by atoms with Gasteiger partial charge in [0.2, 0.25) is 0 Å². The van der Waals surface area contributed by atoms with E-state index in [9.17, 15) is 0 Å². The first kappa shape index (κ1) is 9.90. The molecule has 0 aromatic carbocycles. The topological polar surface area (TPSA) is 24.4 Å². The van der Waals surface area contributed by atoms with Gasteiger partial charge in [-0.3, -0.25) is 4.99 Å². The maximum atomic E-state index is 3.81. The van der Waals surface area contributed by atoms with Crippen molar-refractivity contribution in [1.82, 2.24) is 5.32 Å². The van der Waals surface area contributed by atoms with Gasteiger partial charge in [-0.2, -0.15) is 0 Å². The van der Waals surface area contributed by atoms with E-state index >= 15 is 0 Å². The summed E-state index contributed by atoms with van der Waals surface area (Å²) < 4.78 is 0. The molecule has 0 aromatic rings. The zero-order valence-corrected chi connectivity index (χ0v) is 5.67. The van der Waals surface area contributed by atoms with Crippen molar-refractivity contribution < 1.29 is 0 Å². The van der Waals surface area contributed by atoms with Crippen molar-refractivity contribution in [2.45, 2.75) is 6.92 Å². The van der Waals surface area contributed by atoms with Crippen molar-refractivity contribution in [3.8, 4) is 0 Å². The Morgan fingerprint density at radius 2 is 2.00 bits per heavy atom. The highest BCUT2D eigenvalue weighted by atomic mass is 35.5. The fourth-order valence-electron chi connectivity index (χ4n) is 0.112. The molecule has 44 valence electrons. The Bertz CT molecular complexity index is 60.7. The normalized spacial score (nSPS) is 9.86. The summed E-state index contributed by atoms with van der Waals surface area (Å²) in [7, 11) is 3.61. The third-order valence-electron chi connectivity index (χ3n) is 0.697. The van der Waals surface area contributed by atoms with Crippen molar-refractivity contribution in [1.29, 1.82) is 0 Å². The molecule has 0 aliphatic rings. The average Bonchev–Trinajstić information content (AvgIpc) is 1.65. The second kappa shape index (κ2) is 5.76. The molecule has 7 heavy (non-hydrogen) atoms. The van der Waals surface area contributed by atoms with Crippen LogP contribution in [0.1, 0.15) is 6.92 Å². The highest BCUT2D eigenvalue weighted by Crippen LogP contribution is 1.59. The van der Waals surface area contributed by atoms with Gasteiger partial charge in [0, 0.05) is 14.1 Å². The summed E-state index contributed by atoms with van der Waals surface area (Å²) in [6.07, 6.45) is 0. The van der Waals surface area contributed by atoms with Crippen LogP contribution in [0.5, 0.6) is 0 Å². The number of aliphatic imine (C=N–C) groups is 1. The summed E-state index contributed by atoms with van der Waals surface area (Å²) in [5, 5.41) is 2.86. The minimum atomic E-state index is 0.